The number of halogens is 1. The van der Waals surface area contributed by atoms with Crippen LogP contribution in [0.3, 0.4) is 0 Å². The molecule has 3 heteroatoms. The van der Waals surface area contributed by atoms with Gasteiger partial charge in [-0.1, -0.05) is 6.07 Å². The van der Waals surface area contributed by atoms with Gasteiger partial charge in [-0.2, -0.15) is 0 Å². The minimum absolute atomic E-state index is 0. The molecule has 0 aliphatic rings. The van der Waals surface area contributed by atoms with E-state index in [1.165, 1.54) is 10.8 Å². The van der Waals surface area contributed by atoms with E-state index in [0.29, 0.717) is 0 Å². The third-order valence-corrected chi connectivity index (χ3v) is 2.13. The molecule has 0 saturated carbocycles. The Morgan fingerprint density at radius 3 is 2.64 bits per heavy atom. The maximum absolute atomic E-state index is 5.15. The van der Waals surface area contributed by atoms with Crippen LogP contribution in [0, 0.1) is 0 Å². The highest BCUT2D eigenvalue weighted by Gasteiger charge is 1.99. The average molecular weight is 301 g/mol. The van der Waals surface area contributed by atoms with E-state index in [-0.39, 0.29) is 24.0 Å². The quantitative estimate of drug-likeness (QED) is 0.470. The molecular weight excluding hydrogens is 289 g/mol. The Kier molecular flexibility index (Phi) is 3.69. The van der Waals surface area contributed by atoms with Gasteiger partial charge in [0.15, 0.2) is 12.4 Å². The van der Waals surface area contributed by atoms with Crippen molar-refractivity contribution in [3.05, 3.63) is 36.7 Å². The molecule has 0 N–H and O–H groups in total. The largest absolute Gasteiger partial charge is 1.00 e. The summed E-state index contributed by atoms with van der Waals surface area (Å²) in [6.45, 7) is 0. The topological polar surface area (TPSA) is 13.1 Å². The van der Waals surface area contributed by atoms with Crippen LogP contribution in [0.1, 0.15) is 0 Å². The van der Waals surface area contributed by atoms with E-state index in [1.54, 1.807) is 7.11 Å². The van der Waals surface area contributed by atoms with Crippen molar-refractivity contribution >= 4 is 10.8 Å². The van der Waals surface area contributed by atoms with Crippen LogP contribution in [0.4, 0.5) is 0 Å². The maximum Gasteiger partial charge on any atom is 0.176 e. The first kappa shape index (κ1) is 11.2. The number of rotatable bonds is 1. The van der Waals surface area contributed by atoms with Gasteiger partial charge in [-0.05, 0) is 17.5 Å². The summed E-state index contributed by atoms with van der Waals surface area (Å²) in [6, 6.07) is 8.17. The zero-order valence-electron chi connectivity index (χ0n) is 8.20. The van der Waals surface area contributed by atoms with Gasteiger partial charge >= 0.3 is 0 Å². The fraction of sp³-hybridized carbons (Fsp3) is 0.182. The molecule has 2 rings (SSSR count). The summed E-state index contributed by atoms with van der Waals surface area (Å²) < 4.78 is 7.18. The lowest BCUT2D eigenvalue weighted by molar-refractivity contribution is -0.670. The first-order chi connectivity index (χ1) is 6.29. The summed E-state index contributed by atoms with van der Waals surface area (Å²) in [6.07, 6.45) is 4.12. The van der Waals surface area contributed by atoms with Crippen molar-refractivity contribution in [1.82, 2.24) is 0 Å². The lowest BCUT2D eigenvalue weighted by atomic mass is 10.2. The lowest BCUT2D eigenvalue weighted by Gasteiger charge is -2.00. The number of nitrogens with zero attached hydrogens (tertiary/aromatic N) is 1. The summed E-state index contributed by atoms with van der Waals surface area (Å²) in [5.74, 6) is 0.902. The summed E-state index contributed by atoms with van der Waals surface area (Å²) in [5, 5.41) is 2.43. The van der Waals surface area contributed by atoms with Gasteiger partial charge in [0.05, 0.1) is 7.11 Å². The molecular formula is C11H12INO. The summed E-state index contributed by atoms with van der Waals surface area (Å²) in [7, 11) is 3.70. The summed E-state index contributed by atoms with van der Waals surface area (Å²) in [5.41, 5.74) is 0. The monoisotopic (exact) mass is 301 g/mol. The molecule has 0 bridgehead atoms. The number of aromatic nitrogens is 1. The molecule has 0 aliphatic heterocycles. The molecule has 0 aliphatic carbocycles. The van der Waals surface area contributed by atoms with Gasteiger partial charge in [0.2, 0.25) is 0 Å². The highest BCUT2D eigenvalue weighted by atomic mass is 127. The second-order valence-electron chi connectivity index (χ2n) is 3.11. The van der Waals surface area contributed by atoms with Gasteiger partial charge in [-0.25, -0.2) is 4.57 Å². The van der Waals surface area contributed by atoms with Crippen LogP contribution in [0.5, 0.6) is 5.75 Å². The molecule has 2 aromatic rings. The number of hydrogen-bond donors (Lipinski definition) is 0. The number of aryl methyl sites for hydroxylation is 1. The van der Waals surface area contributed by atoms with Crippen molar-refractivity contribution in [3.63, 3.8) is 0 Å². The molecule has 1 heterocycles. The second-order valence-corrected chi connectivity index (χ2v) is 3.11. The van der Waals surface area contributed by atoms with Gasteiger partial charge in [0, 0.05) is 11.5 Å². The molecule has 1 aromatic carbocycles. The third-order valence-electron chi connectivity index (χ3n) is 2.13. The molecule has 14 heavy (non-hydrogen) atoms. The Bertz CT molecular complexity index is 442. The summed E-state index contributed by atoms with van der Waals surface area (Å²) in [4.78, 5) is 0. The normalized spacial score (nSPS) is 9.57. The number of methoxy groups -OCH3 is 1. The predicted octanol–water partition coefficient (Wildman–Crippen LogP) is -1.32. The zero-order chi connectivity index (χ0) is 9.26. The molecule has 1 aromatic heterocycles. The third kappa shape index (κ3) is 2.15. The van der Waals surface area contributed by atoms with Crippen LogP contribution in [-0.4, -0.2) is 7.11 Å². The Hall–Kier alpha value is -0.840. The lowest BCUT2D eigenvalue weighted by Crippen LogP contribution is -3.00. The number of benzene rings is 1. The molecule has 0 fully saturated rings. The van der Waals surface area contributed by atoms with Gasteiger partial charge < -0.3 is 28.7 Å². The molecule has 0 saturated heterocycles. The van der Waals surface area contributed by atoms with Crippen molar-refractivity contribution in [2.75, 3.05) is 7.11 Å². The standard InChI is InChI=1S/C11H12NO.HI/c1-12-6-5-9-3-4-11(13-2)7-10(9)8-12;/h3-8H,1-2H3;1H/q+1;/p-1. The molecule has 0 amide bonds. The minimum atomic E-state index is 0. The Balaban J connectivity index is 0.000000980. The Morgan fingerprint density at radius 1 is 1.14 bits per heavy atom. The van der Waals surface area contributed by atoms with Crippen molar-refractivity contribution in [1.29, 1.82) is 0 Å². The predicted molar refractivity (Wildman–Crippen MR) is 51.7 cm³/mol. The Labute approximate surface area is 101 Å². The SMILES string of the molecule is COc1ccc2cc[n+](C)cc2c1.[I-]. The van der Waals surface area contributed by atoms with E-state index in [4.69, 9.17) is 4.74 Å². The second kappa shape index (κ2) is 4.59. The minimum Gasteiger partial charge on any atom is -1.00 e. The van der Waals surface area contributed by atoms with Crippen LogP contribution in [0.25, 0.3) is 10.8 Å². The number of ether oxygens (including phenoxy) is 1. The van der Waals surface area contributed by atoms with Crippen LogP contribution in [-0.2, 0) is 7.05 Å². The van der Waals surface area contributed by atoms with Gasteiger partial charge in [0.1, 0.15) is 12.8 Å². The molecule has 0 radical (unpaired) electrons. The molecule has 0 unspecified atom stereocenters. The first-order valence-electron chi connectivity index (χ1n) is 4.22. The van der Waals surface area contributed by atoms with Crippen LogP contribution in [0.2, 0.25) is 0 Å². The van der Waals surface area contributed by atoms with E-state index in [1.807, 2.05) is 29.9 Å². The fourth-order valence-electron chi connectivity index (χ4n) is 1.40. The number of fused-ring (bicyclic) bond motifs is 1. The van der Waals surface area contributed by atoms with E-state index < -0.39 is 0 Å². The fourth-order valence-corrected chi connectivity index (χ4v) is 1.40. The van der Waals surface area contributed by atoms with E-state index in [9.17, 15) is 0 Å². The Morgan fingerprint density at radius 2 is 1.93 bits per heavy atom. The van der Waals surface area contributed by atoms with Crippen LogP contribution < -0.4 is 33.3 Å². The zero-order valence-corrected chi connectivity index (χ0v) is 10.4. The molecule has 0 spiro atoms. The average Bonchev–Trinajstić information content (AvgIpc) is 2.16. The van der Waals surface area contributed by atoms with Gasteiger partial charge in [-0.15, -0.1) is 0 Å². The highest BCUT2D eigenvalue weighted by Crippen LogP contribution is 2.18. The molecule has 0 atom stereocenters. The van der Waals surface area contributed by atoms with Gasteiger partial charge in [0.25, 0.3) is 0 Å². The van der Waals surface area contributed by atoms with Crippen molar-refractivity contribution in [3.8, 4) is 5.75 Å². The molecule has 74 valence electrons. The van der Waals surface area contributed by atoms with E-state index in [2.05, 4.69) is 18.3 Å². The van der Waals surface area contributed by atoms with Gasteiger partial charge in [-0.3, -0.25) is 0 Å². The maximum atomic E-state index is 5.15. The van der Waals surface area contributed by atoms with E-state index >= 15 is 0 Å². The van der Waals surface area contributed by atoms with Crippen molar-refractivity contribution in [2.24, 2.45) is 7.05 Å². The smallest absolute Gasteiger partial charge is 0.176 e. The van der Waals surface area contributed by atoms with Crippen LogP contribution >= 0.6 is 0 Å². The van der Waals surface area contributed by atoms with Crippen LogP contribution in [0.15, 0.2) is 36.7 Å². The summed E-state index contributed by atoms with van der Waals surface area (Å²) >= 11 is 0. The number of hydrogen-bond acceptors (Lipinski definition) is 1. The van der Waals surface area contributed by atoms with E-state index in [0.717, 1.165) is 5.75 Å². The first-order valence-corrected chi connectivity index (χ1v) is 4.22. The number of pyridine rings is 1. The molecule has 2 nitrogen and oxygen atoms in total. The highest BCUT2D eigenvalue weighted by molar-refractivity contribution is 5.82. The van der Waals surface area contributed by atoms with Crippen molar-refractivity contribution < 1.29 is 33.3 Å². The van der Waals surface area contributed by atoms with Crippen molar-refractivity contribution in [2.45, 2.75) is 0 Å².